The maximum atomic E-state index is 13.6. The molecule has 7 nitrogen and oxygen atoms in total. The summed E-state index contributed by atoms with van der Waals surface area (Å²) in [7, 11) is 1.61. The third-order valence-corrected chi connectivity index (χ3v) is 6.04. The fourth-order valence-corrected chi connectivity index (χ4v) is 4.24. The van der Waals surface area contributed by atoms with Crippen LogP contribution in [0.2, 0.25) is 5.02 Å². The Morgan fingerprint density at radius 1 is 1.15 bits per heavy atom. The number of amides is 1. The number of likely N-dealkylation sites (tertiary alicyclic amines) is 1. The highest BCUT2D eigenvalue weighted by Crippen LogP contribution is 2.28. The van der Waals surface area contributed by atoms with E-state index >= 15 is 0 Å². The van der Waals surface area contributed by atoms with Crippen molar-refractivity contribution in [2.75, 3.05) is 26.8 Å². The molecule has 1 aliphatic rings. The Bertz CT molecular complexity index is 1140. The number of hydrogen-bond donors (Lipinski definition) is 0. The van der Waals surface area contributed by atoms with Crippen LogP contribution >= 0.6 is 11.6 Å². The first kappa shape index (κ1) is 22.9. The summed E-state index contributed by atoms with van der Waals surface area (Å²) in [6.45, 7) is 3.00. The molecule has 0 radical (unpaired) electrons. The van der Waals surface area contributed by atoms with Gasteiger partial charge in [0.25, 0.3) is 5.91 Å². The normalized spacial score (nSPS) is 15.8. The van der Waals surface area contributed by atoms with E-state index in [2.05, 4.69) is 0 Å². The molecular formula is C25H26ClN3O4. The SMILES string of the molecule is CCOC(=O)C1CCCN(C(=O)c2cc(-c3ccc(OC)cc3)nn2-c2ccccc2Cl)C1. The van der Waals surface area contributed by atoms with Gasteiger partial charge in [-0.2, -0.15) is 5.10 Å². The van der Waals surface area contributed by atoms with E-state index in [0.717, 1.165) is 17.7 Å². The lowest BCUT2D eigenvalue weighted by atomic mass is 9.98. The lowest BCUT2D eigenvalue weighted by Crippen LogP contribution is -2.43. The van der Waals surface area contributed by atoms with Crippen molar-refractivity contribution >= 4 is 23.5 Å². The molecule has 1 saturated heterocycles. The smallest absolute Gasteiger partial charge is 0.310 e. The summed E-state index contributed by atoms with van der Waals surface area (Å²) < 4.78 is 12.0. The summed E-state index contributed by atoms with van der Waals surface area (Å²) in [4.78, 5) is 27.6. The van der Waals surface area contributed by atoms with Crippen molar-refractivity contribution in [2.24, 2.45) is 5.92 Å². The number of esters is 1. The Hall–Kier alpha value is -3.32. The third-order valence-electron chi connectivity index (χ3n) is 5.72. The Morgan fingerprint density at radius 3 is 2.61 bits per heavy atom. The quantitative estimate of drug-likeness (QED) is 0.495. The number of halogens is 1. The predicted molar refractivity (Wildman–Crippen MR) is 126 cm³/mol. The monoisotopic (exact) mass is 467 g/mol. The van der Waals surface area contributed by atoms with E-state index in [-0.39, 0.29) is 17.8 Å². The van der Waals surface area contributed by atoms with Crippen LogP contribution in [0.3, 0.4) is 0 Å². The number of carbonyl (C=O) groups excluding carboxylic acids is 2. The maximum absolute atomic E-state index is 13.6. The summed E-state index contributed by atoms with van der Waals surface area (Å²) >= 11 is 6.45. The average Bonchev–Trinajstić information content (AvgIpc) is 3.29. The number of hydrogen-bond acceptors (Lipinski definition) is 5. The van der Waals surface area contributed by atoms with Crippen LogP contribution in [0.15, 0.2) is 54.6 Å². The fourth-order valence-electron chi connectivity index (χ4n) is 4.02. The Kier molecular flexibility index (Phi) is 6.99. The zero-order chi connectivity index (χ0) is 23.4. The molecule has 3 aromatic rings. The maximum Gasteiger partial charge on any atom is 0.310 e. The fraction of sp³-hybridized carbons (Fsp3) is 0.320. The topological polar surface area (TPSA) is 73.7 Å². The minimum atomic E-state index is -0.319. The van der Waals surface area contributed by atoms with Gasteiger partial charge in [-0.1, -0.05) is 23.7 Å². The Balaban J connectivity index is 1.71. The van der Waals surface area contributed by atoms with Crippen molar-refractivity contribution in [3.63, 3.8) is 0 Å². The molecule has 2 aromatic carbocycles. The van der Waals surface area contributed by atoms with Crippen LogP contribution < -0.4 is 4.74 Å². The number of piperidine rings is 1. The number of aromatic nitrogens is 2. The van der Waals surface area contributed by atoms with Gasteiger partial charge in [-0.05, 0) is 62.2 Å². The number of nitrogens with zero attached hydrogens (tertiary/aromatic N) is 3. The van der Waals surface area contributed by atoms with Gasteiger partial charge in [-0.3, -0.25) is 9.59 Å². The molecule has 1 unspecified atom stereocenters. The molecule has 0 bridgehead atoms. The van der Waals surface area contributed by atoms with Crippen molar-refractivity contribution in [1.82, 2.24) is 14.7 Å². The molecule has 1 aliphatic heterocycles. The van der Waals surface area contributed by atoms with Crippen LogP contribution in [0.25, 0.3) is 16.9 Å². The van der Waals surface area contributed by atoms with Crippen LogP contribution in [0.4, 0.5) is 0 Å². The van der Waals surface area contributed by atoms with E-state index < -0.39 is 0 Å². The molecule has 1 amide bonds. The second kappa shape index (κ2) is 10.1. The molecule has 0 spiro atoms. The van der Waals surface area contributed by atoms with Crippen LogP contribution in [-0.2, 0) is 9.53 Å². The van der Waals surface area contributed by atoms with Gasteiger partial charge >= 0.3 is 5.97 Å². The molecule has 1 aromatic heterocycles. The number of methoxy groups -OCH3 is 1. The average molecular weight is 468 g/mol. The lowest BCUT2D eigenvalue weighted by Gasteiger charge is -2.31. The van der Waals surface area contributed by atoms with E-state index in [1.54, 1.807) is 35.7 Å². The highest BCUT2D eigenvalue weighted by Gasteiger charge is 2.32. The summed E-state index contributed by atoms with van der Waals surface area (Å²) in [5.41, 5.74) is 2.48. The molecule has 0 N–H and O–H groups in total. The van der Waals surface area contributed by atoms with Crippen molar-refractivity contribution in [3.05, 3.63) is 65.3 Å². The predicted octanol–water partition coefficient (Wildman–Crippen LogP) is 4.62. The third kappa shape index (κ3) is 4.88. The molecule has 1 atom stereocenters. The molecule has 4 rings (SSSR count). The molecule has 2 heterocycles. The summed E-state index contributed by atoms with van der Waals surface area (Å²) in [5, 5.41) is 5.20. The molecule has 0 aliphatic carbocycles. The number of para-hydroxylation sites is 1. The Labute approximate surface area is 197 Å². The molecule has 0 saturated carbocycles. The molecule has 33 heavy (non-hydrogen) atoms. The van der Waals surface area contributed by atoms with Crippen molar-refractivity contribution < 1.29 is 19.1 Å². The molecule has 1 fully saturated rings. The zero-order valence-corrected chi connectivity index (χ0v) is 19.4. The van der Waals surface area contributed by atoms with E-state index in [1.165, 1.54) is 0 Å². The molecule has 172 valence electrons. The summed E-state index contributed by atoms with van der Waals surface area (Å²) in [5.74, 6) is -0.0379. The molecular weight excluding hydrogens is 442 g/mol. The second-order valence-corrected chi connectivity index (χ2v) is 8.26. The highest BCUT2D eigenvalue weighted by atomic mass is 35.5. The number of carbonyl (C=O) groups is 2. The van der Waals surface area contributed by atoms with Crippen molar-refractivity contribution in [3.8, 4) is 22.7 Å². The Morgan fingerprint density at radius 2 is 1.91 bits per heavy atom. The van der Waals surface area contributed by atoms with E-state index in [0.29, 0.717) is 48.2 Å². The van der Waals surface area contributed by atoms with Crippen molar-refractivity contribution in [1.29, 1.82) is 0 Å². The first-order chi connectivity index (χ1) is 16.0. The van der Waals surface area contributed by atoms with Gasteiger partial charge in [0.05, 0.1) is 36.0 Å². The van der Waals surface area contributed by atoms with Gasteiger partial charge in [0.1, 0.15) is 11.4 Å². The van der Waals surface area contributed by atoms with Crippen LogP contribution in [0, 0.1) is 5.92 Å². The second-order valence-electron chi connectivity index (χ2n) is 7.85. The summed E-state index contributed by atoms with van der Waals surface area (Å²) in [6.07, 6.45) is 1.45. The minimum absolute atomic E-state index is 0.198. The minimum Gasteiger partial charge on any atom is -0.497 e. The van der Waals surface area contributed by atoms with Gasteiger partial charge in [0.2, 0.25) is 0 Å². The van der Waals surface area contributed by atoms with Crippen molar-refractivity contribution in [2.45, 2.75) is 19.8 Å². The lowest BCUT2D eigenvalue weighted by molar-refractivity contribution is -0.149. The van der Waals surface area contributed by atoms with E-state index in [4.69, 9.17) is 26.2 Å². The zero-order valence-electron chi connectivity index (χ0n) is 18.7. The number of ether oxygens (including phenoxy) is 2. The van der Waals surface area contributed by atoms with Gasteiger partial charge in [-0.15, -0.1) is 0 Å². The van der Waals surface area contributed by atoms with Crippen LogP contribution in [0.1, 0.15) is 30.3 Å². The first-order valence-electron chi connectivity index (χ1n) is 11.0. The first-order valence-corrected chi connectivity index (χ1v) is 11.3. The van der Waals surface area contributed by atoms with Gasteiger partial charge in [0.15, 0.2) is 0 Å². The molecule has 8 heteroatoms. The standard InChI is InChI=1S/C25H26ClN3O4/c1-3-33-25(31)18-7-6-14-28(16-18)24(30)23-15-21(17-10-12-19(32-2)13-11-17)27-29(23)22-9-5-4-8-20(22)26/h4-5,8-13,15,18H,3,6-7,14,16H2,1-2H3. The van der Waals surface area contributed by atoms with Gasteiger partial charge in [0, 0.05) is 18.7 Å². The van der Waals surface area contributed by atoms with Crippen LogP contribution in [0.5, 0.6) is 5.75 Å². The van der Waals surface area contributed by atoms with Crippen LogP contribution in [-0.4, -0.2) is 53.4 Å². The number of rotatable bonds is 6. The number of benzene rings is 2. The van der Waals surface area contributed by atoms with Gasteiger partial charge < -0.3 is 14.4 Å². The summed E-state index contributed by atoms with van der Waals surface area (Å²) in [6, 6.07) is 16.5. The highest BCUT2D eigenvalue weighted by molar-refractivity contribution is 6.32. The van der Waals surface area contributed by atoms with E-state index in [1.807, 2.05) is 42.5 Å². The van der Waals surface area contributed by atoms with Gasteiger partial charge in [-0.25, -0.2) is 4.68 Å². The van der Waals surface area contributed by atoms with E-state index in [9.17, 15) is 9.59 Å². The largest absolute Gasteiger partial charge is 0.497 e.